The number of halogens is 1. The fourth-order valence-corrected chi connectivity index (χ4v) is 4.30. The quantitative estimate of drug-likeness (QED) is 0.843. The van der Waals surface area contributed by atoms with E-state index in [9.17, 15) is 21.2 Å². The fourth-order valence-electron chi connectivity index (χ4n) is 1.81. The summed E-state index contributed by atoms with van der Waals surface area (Å²) in [5.41, 5.74) is -0.112. The summed E-state index contributed by atoms with van der Waals surface area (Å²) in [6, 6.07) is 3.68. The van der Waals surface area contributed by atoms with Crippen LogP contribution in [0.25, 0.3) is 5.57 Å². The van der Waals surface area contributed by atoms with Gasteiger partial charge in [-0.3, -0.25) is 0 Å². The minimum absolute atomic E-state index is 0.00458. The molecule has 0 radical (unpaired) electrons. The maximum absolute atomic E-state index is 13.7. The standard InChI is InChI=1S/C11H11FO4S2/c1-2-17(13,14)6-8-7-18(15,16)10-5-3-4-9(12)11(8)10/h3-5,7H,2,6H2,1H3. The third-order valence-corrected chi connectivity index (χ3v) is 5.89. The maximum atomic E-state index is 13.7. The molecule has 2 rings (SSSR count). The Balaban J connectivity index is 2.61. The van der Waals surface area contributed by atoms with Crippen molar-refractivity contribution in [1.82, 2.24) is 0 Å². The van der Waals surface area contributed by atoms with Gasteiger partial charge in [0, 0.05) is 16.7 Å². The van der Waals surface area contributed by atoms with Gasteiger partial charge < -0.3 is 0 Å². The number of rotatable bonds is 3. The molecule has 0 fully saturated rings. The number of fused-ring (bicyclic) bond motifs is 1. The van der Waals surface area contributed by atoms with E-state index < -0.39 is 31.2 Å². The van der Waals surface area contributed by atoms with Crippen LogP contribution in [-0.2, 0) is 19.7 Å². The molecule has 7 heteroatoms. The summed E-state index contributed by atoms with van der Waals surface area (Å²) in [4.78, 5) is -0.163. The smallest absolute Gasteiger partial charge is 0.200 e. The molecule has 0 aliphatic carbocycles. The van der Waals surface area contributed by atoms with Gasteiger partial charge in [0.2, 0.25) is 9.84 Å². The average molecular weight is 290 g/mol. The van der Waals surface area contributed by atoms with E-state index in [1.165, 1.54) is 19.1 Å². The van der Waals surface area contributed by atoms with Gasteiger partial charge in [-0.1, -0.05) is 13.0 Å². The van der Waals surface area contributed by atoms with Crippen LogP contribution in [0.4, 0.5) is 4.39 Å². The highest BCUT2D eigenvalue weighted by atomic mass is 32.2. The molecule has 1 heterocycles. The summed E-state index contributed by atoms with van der Waals surface area (Å²) < 4.78 is 60.2. The molecule has 0 N–H and O–H groups in total. The molecule has 0 unspecified atom stereocenters. The van der Waals surface area contributed by atoms with Crippen molar-refractivity contribution in [3.63, 3.8) is 0 Å². The van der Waals surface area contributed by atoms with Gasteiger partial charge in [-0.05, 0) is 17.7 Å². The van der Waals surface area contributed by atoms with Gasteiger partial charge in [0.15, 0.2) is 9.84 Å². The zero-order valence-electron chi connectivity index (χ0n) is 9.55. The van der Waals surface area contributed by atoms with Crippen molar-refractivity contribution in [3.05, 3.63) is 35.0 Å². The molecule has 1 aliphatic rings. The van der Waals surface area contributed by atoms with Crippen LogP contribution in [0.5, 0.6) is 0 Å². The van der Waals surface area contributed by atoms with Crippen LogP contribution in [0.3, 0.4) is 0 Å². The molecule has 1 aliphatic heterocycles. The molecule has 18 heavy (non-hydrogen) atoms. The molecule has 0 atom stereocenters. The summed E-state index contributed by atoms with van der Waals surface area (Å²) >= 11 is 0. The predicted molar refractivity (Wildman–Crippen MR) is 65.9 cm³/mol. The number of hydrogen-bond donors (Lipinski definition) is 0. The van der Waals surface area contributed by atoms with Crippen LogP contribution in [0.15, 0.2) is 28.5 Å². The van der Waals surface area contributed by atoms with E-state index in [4.69, 9.17) is 0 Å². The average Bonchev–Trinajstić information content (AvgIpc) is 2.51. The van der Waals surface area contributed by atoms with Gasteiger partial charge in [-0.2, -0.15) is 0 Å². The van der Waals surface area contributed by atoms with Crippen molar-refractivity contribution in [1.29, 1.82) is 0 Å². The Morgan fingerprint density at radius 1 is 1.28 bits per heavy atom. The molecule has 0 amide bonds. The first-order chi connectivity index (χ1) is 8.27. The first-order valence-electron chi connectivity index (χ1n) is 5.22. The van der Waals surface area contributed by atoms with Gasteiger partial charge in [-0.15, -0.1) is 0 Å². The van der Waals surface area contributed by atoms with Gasteiger partial charge >= 0.3 is 0 Å². The third-order valence-electron chi connectivity index (χ3n) is 2.72. The van der Waals surface area contributed by atoms with E-state index in [2.05, 4.69) is 0 Å². The van der Waals surface area contributed by atoms with Crippen LogP contribution in [0, 0.1) is 5.82 Å². The van der Waals surface area contributed by atoms with Crippen molar-refractivity contribution in [2.75, 3.05) is 11.5 Å². The Labute approximate surface area is 105 Å². The van der Waals surface area contributed by atoms with Crippen molar-refractivity contribution >= 4 is 25.2 Å². The Kier molecular flexibility index (Phi) is 3.06. The Morgan fingerprint density at radius 2 is 1.94 bits per heavy atom. The summed E-state index contributed by atoms with van der Waals surface area (Å²) in [6.07, 6.45) is 0. The molecular weight excluding hydrogens is 279 g/mol. The second-order valence-electron chi connectivity index (χ2n) is 3.98. The summed E-state index contributed by atoms with van der Waals surface area (Å²) in [7, 11) is -7.14. The van der Waals surface area contributed by atoms with E-state index in [1.807, 2.05) is 0 Å². The van der Waals surface area contributed by atoms with Gasteiger partial charge in [0.05, 0.1) is 10.6 Å². The van der Waals surface area contributed by atoms with E-state index in [0.717, 1.165) is 11.5 Å². The molecule has 0 aromatic heterocycles. The summed E-state index contributed by atoms with van der Waals surface area (Å²) in [5.74, 6) is -1.30. The first-order valence-corrected chi connectivity index (χ1v) is 8.58. The van der Waals surface area contributed by atoms with Crippen molar-refractivity contribution in [3.8, 4) is 0 Å². The SMILES string of the molecule is CCS(=O)(=O)CC1=CS(=O)(=O)c2cccc(F)c21. The minimum atomic E-state index is -3.72. The summed E-state index contributed by atoms with van der Waals surface area (Å²) in [6.45, 7) is 1.46. The zero-order chi connectivity index (χ0) is 13.6. The van der Waals surface area contributed by atoms with Gasteiger partial charge in [0.25, 0.3) is 0 Å². The topological polar surface area (TPSA) is 68.3 Å². The van der Waals surface area contributed by atoms with Crippen LogP contribution < -0.4 is 0 Å². The van der Waals surface area contributed by atoms with E-state index in [1.54, 1.807) is 0 Å². The molecule has 98 valence electrons. The van der Waals surface area contributed by atoms with Crippen molar-refractivity contribution in [2.45, 2.75) is 11.8 Å². The van der Waals surface area contributed by atoms with Crippen LogP contribution in [0.1, 0.15) is 12.5 Å². The maximum Gasteiger partial charge on any atom is 0.200 e. The van der Waals surface area contributed by atoms with Gasteiger partial charge in [0.1, 0.15) is 5.82 Å². The second-order valence-corrected chi connectivity index (χ2v) is 8.10. The Bertz CT molecular complexity index is 730. The van der Waals surface area contributed by atoms with Crippen molar-refractivity contribution in [2.24, 2.45) is 0 Å². The third kappa shape index (κ3) is 2.20. The zero-order valence-corrected chi connectivity index (χ0v) is 11.2. The first kappa shape index (κ1) is 13.2. The number of sulfone groups is 2. The largest absolute Gasteiger partial charge is 0.229 e. The fraction of sp³-hybridized carbons (Fsp3) is 0.273. The van der Waals surface area contributed by atoms with Crippen LogP contribution in [0.2, 0.25) is 0 Å². The molecule has 1 aromatic rings. The van der Waals surface area contributed by atoms with E-state index >= 15 is 0 Å². The molecular formula is C11H11FO4S2. The number of hydrogen-bond acceptors (Lipinski definition) is 4. The lowest BCUT2D eigenvalue weighted by atomic mass is 10.1. The second kappa shape index (κ2) is 4.17. The highest BCUT2D eigenvalue weighted by Gasteiger charge is 2.31. The molecule has 0 saturated carbocycles. The lowest BCUT2D eigenvalue weighted by Gasteiger charge is -2.05. The molecule has 1 aromatic carbocycles. The lowest BCUT2D eigenvalue weighted by Crippen LogP contribution is -2.10. The van der Waals surface area contributed by atoms with Crippen LogP contribution >= 0.6 is 0 Å². The minimum Gasteiger partial charge on any atom is -0.229 e. The number of benzene rings is 1. The van der Waals surface area contributed by atoms with Gasteiger partial charge in [-0.25, -0.2) is 21.2 Å². The van der Waals surface area contributed by atoms with Crippen LogP contribution in [-0.4, -0.2) is 28.3 Å². The molecule has 4 nitrogen and oxygen atoms in total. The summed E-state index contributed by atoms with van der Waals surface area (Å²) in [5, 5.41) is 0.841. The Hall–Kier alpha value is -1.21. The predicted octanol–water partition coefficient (Wildman–Crippen LogP) is 1.39. The highest BCUT2D eigenvalue weighted by Crippen LogP contribution is 2.35. The van der Waals surface area contributed by atoms with E-state index in [0.29, 0.717) is 0 Å². The Morgan fingerprint density at radius 3 is 2.56 bits per heavy atom. The van der Waals surface area contributed by atoms with E-state index in [-0.39, 0.29) is 21.8 Å². The lowest BCUT2D eigenvalue weighted by molar-refractivity contribution is 0.597. The highest BCUT2D eigenvalue weighted by molar-refractivity contribution is 7.95. The molecule has 0 saturated heterocycles. The monoisotopic (exact) mass is 290 g/mol. The molecule has 0 spiro atoms. The van der Waals surface area contributed by atoms with Crippen molar-refractivity contribution < 1.29 is 21.2 Å². The molecule has 0 bridgehead atoms. The normalized spacial score (nSPS) is 17.3.